The highest BCUT2D eigenvalue weighted by atomic mass is 32.1. The summed E-state index contributed by atoms with van der Waals surface area (Å²) in [6.45, 7) is 12.7. The molecular formula is C38H49N5O5S2. The van der Waals surface area contributed by atoms with Crippen molar-refractivity contribution in [3.63, 3.8) is 0 Å². The Hall–Kier alpha value is -4.16. The number of nitrogens with one attached hydrogen (secondary N) is 2. The van der Waals surface area contributed by atoms with Crippen LogP contribution in [-0.2, 0) is 14.3 Å². The summed E-state index contributed by atoms with van der Waals surface area (Å²) in [5.41, 5.74) is 3.69. The van der Waals surface area contributed by atoms with Gasteiger partial charge in [-0.2, -0.15) is 27.0 Å². The molecule has 0 saturated carbocycles. The summed E-state index contributed by atoms with van der Waals surface area (Å²) < 4.78 is 11.1. The topological polar surface area (TPSA) is 117 Å². The van der Waals surface area contributed by atoms with Crippen LogP contribution in [0.15, 0.2) is 66.9 Å². The zero-order valence-electron chi connectivity index (χ0n) is 29.6. The number of aromatic nitrogens is 2. The van der Waals surface area contributed by atoms with E-state index in [0.717, 1.165) is 57.5 Å². The van der Waals surface area contributed by atoms with Gasteiger partial charge >= 0.3 is 12.2 Å². The summed E-state index contributed by atoms with van der Waals surface area (Å²) in [6, 6.07) is 20.4. The van der Waals surface area contributed by atoms with Crippen LogP contribution in [0.4, 0.5) is 15.3 Å². The standard InChI is InChI=1S/C38H45N5O5.2H2S/c1-37(2,3)47-35(45)42-19-17-29(23-42)34(44)40-30-16-15-27-20-26(13-14-28(27)21-30)24-9-11-25(12-10-24)31-22-39-33(41-31)32-8-7-18-43(32)36(46)48-38(4,5)6;;/h9-16,20-22,29,32H,7-8,17-19,23H2,1-6H3,(H,39,41)(H,40,44);2*1H2/t29?,32-;;/m0../s1. The minimum atomic E-state index is -0.568. The van der Waals surface area contributed by atoms with Crippen molar-refractivity contribution in [2.75, 3.05) is 25.0 Å². The molecule has 2 aliphatic rings. The molecule has 3 aromatic carbocycles. The number of benzene rings is 3. The second-order valence-electron chi connectivity index (χ2n) is 14.8. The quantitative estimate of drug-likeness (QED) is 0.214. The van der Waals surface area contributed by atoms with Gasteiger partial charge < -0.3 is 24.7 Å². The number of nitrogens with zero attached hydrogens (tertiary/aromatic N) is 3. The largest absolute Gasteiger partial charge is 0.444 e. The predicted octanol–water partition coefficient (Wildman–Crippen LogP) is 8.39. The van der Waals surface area contributed by atoms with Crippen molar-refractivity contribution in [3.05, 3.63) is 72.7 Å². The van der Waals surface area contributed by atoms with E-state index >= 15 is 0 Å². The first kappa shape index (κ1) is 38.6. The van der Waals surface area contributed by atoms with Crippen molar-refractivity contribution in [3.8, 4) is 22.4 Å². The zero-order valence-corrected chi connectivity index (χ0v) is 31.6. The number of hydrogen-bond acceptors (Lipinski definition) is 6. The van der Waals surface area contributed by atoms with Crippen LogP contribution in [0.25, 0.3) is 33.2 Å². The fourth-order valence-electron chi connectivity index (χ4n) is 6.30. The van der Waals surface area contributed by atoms with Crippen LogP contribution >= 0.6 is 27.0 Å². The lowest BCUT2D eigenvalue weighted by atomic mass is 9.99. The molecule has 3 heterocycles. The normalized spacial score (nSPS) is 17.6. The van der Waals surface area contributed by atoms with Gasteiger partial charge in [-0.15, -0.1) is 0 Å². The number of carbonyl (C=O) groups excluding carboxylic acids is 3. The highest BCUT2D eigenvalue weighted by molar-refractivity contribution is 7.59. The molecule has 0 radical (unpaired) electrons. The zero-order chi connectivity index (χ0) is 34.2. The first-order valence-corrected chi connectivity index (χ1v) is 16.7. The molecule has 50 heavy (non-hydrogen) atoms. The average molecular weight is 720 g/mol. The molecule has 2 saturated heterocycles. The molecular weight excluding hydrogens is 671 g/mol. The van der Waals surface area contributed by atoms with Gasteiger partial charge in [0.2, 0.25) is 5.91 Å². The molecule has 2 atom stereocenters. The number of ether oxygens (including phenoxy) is 2. The lowest BCUT2D eigenvalue weighted by Crippen LogP contribution is -2.36. The highest BCUT2D eigenvalue weighted by Gasteiger charge is 2.35. The molecule has 2 aliphatic heterocycles. The summed E-state index contributed by atoms with van der Waals surface area (Å²) in [4.78, 5) is 49.6. The number of rotatable bonds is 5. The Balaban J connectivity index is 0.00000281. The summed E-state index contributed by atoms with van der Waals surface area (Å²) in [5, 5.41) is 5.12. The van der Waals surface area contributed by atoms with E-state index in [9.17, 15) is 14.4 Å². The maximum atomic E-state index is 13.0. The van der Waals surface area contributed by atoms with Crippen LogP contribution in [0.1, 0.15) is 72.7 Å². The van der Waals surface area contributed by atoms with Gasteiger partial charge in [0, 0.05) is 25.3 Å². The Morgan fingerprint density at radius 1 is 0.780 bits per heavy atom. The smallest absolute Gasteiger partial charge is 0.410 e. The van der Waals surface area contributed by atoms with E-state index in [4.69, 9.17) is 9.47 Å². The predicted molar refractivity (Wildman–Crippen MR) is 207 cm³/mol. The maximum Gasteiger partial charge on any atom is 0.410 e. The minimum absolute atomic E-state index is 0. The van der Waals surface area contributed by atoms with E-state index in [0.29, 0.717) is 26.1 Å². The molecule has 1 aromatic heterocycles. The number of hydrogen-bond donors (Lipinski definition) is 2. The van der Waals surface area contributed by atoms with Crippen LogP contribution in [0.2, 0.25) is 0 Å². The molecule has 3 amide bonds. The second-order valence-corrected chi connectivity index (χ2v) is 14.8. The number of H-pyrrole nitrogens is 1. The number of anilines is 1. The van der Waals surface area contributed by atoms with Gasteiger partial charge in [0.15, 0.2) is 0 Å². The van der Waals surface area contributed by atoms with Gasteiger partial charge in [-0.05, 0) is 106 Å². The van der Waals surface area contributed by atoms with Gasteiger partial charge in [0.25, 0.3) is 0 Å². The van der Waals surface area contributed by atoms with Crippen LogP contribution in [0, 0.1) is 5.92 Å². The van der Waals surface area contributed by atoms with Crippen molar-refractivity contribution in [1.29, 1.82) is 0 Å². The van der Waals surface area contributed by atoms with Gasteiger partial charge in [-0.3, -0.25) is 9.69 Å². The lowest BCUT2D eigenvalue weighted by molar-refractivity contribution is -0.119. The molecule has 0 aliphatic carbocycles. The molecule has 6 rings (SSSR count). The number of aromatic amines is 1. The fraction of sp³-hybridized carbons (Fsp3) is 0.421. The van der Waals surface area contributed by atoms with Gasteiger partial charge in [-0.1, -0.05) is 42.5 Å². The highest BCUT2D eigenvalue weighted by Crippen LogP contribution is 2.34. The van der Waals surface area contributed by atoms with Crippen LogP contribution in [0.3, 0.4) is 0 Å². The summed E-state index contributed by atoms with van der Waals surface area (Å²) in [7, 11) is 0. The molecule has 4 aromatic rings. The van der Waals surface area contributed by atoms with E-state index in [2.05, 4.69) is 57.7 Å². The second kappa shape index (κ2) is 15.4. The Labute approximate surface area is 308 Å². The molecule has 2 N–H and O–H groups in total. The SMILES string of the molecule is CC(C)(C)OC(=O)N1CCC(C(=O)Nc2ccc3cc(-c4ccc(-c5cnc([C@@H]6CCCN6C(=O)OC(C)(C)C)[nH]5)cc4)ccc3c2)C1.S.S. The summed E-state index contributed by atoms with van der Waals surface area (Å²) in [5.74, 6) is 0.403. The number of imidazole rings is 1. The molecule has 0 spiro atoms. The van der Waals surface area contributed by atoms with E-state index in [1.165, 1.54) is 0 Å². The summed E-state index contributed by atoms with van der Waals surface area (Å²) >= 11 is 0. The average Bonchev–Trinajstić information content (AvgIpc) is 3.80. The number of fused-ring (bicyclic) bond motifs is 1. The summed E-state index contributed by atoms with van der Waals surface area (Å²) in [6.07, 6.45) is 3.50. The van der Waals surface area contributed by atoms with Crippen molar-refractivity contribution in [1.82, 2.24) is 19.8 Å². The number of likely N-dealkylation sites (tertiary alicyclic amines) is 2. The van der Waals surface area contributed by atoms with Crippen LogP contribution in [0.5, 0.6) is 0 Å². The van der Waals surface area contributed by atoms with Crippen molar-refractivity contribution in [2.24, 2.45) is 5.92 Å². The maximum absolute atomic E-state index is 13.0. The van der Waals surface area contributed by atoms with Gasteiger partial charge in [-0.25, -0.2) is 14.6 Å². The third-order valence-corrected chi connectivity index (χ3v) is 8.64. The molecule has 2 fully saturated rings. The van der Waals surface area contributed by atoms with Crippen molar-refractivity contribution >= 4 is 61.5 Å². The Morgan fingerprint density at radius 2 is 1.40 bits per heavy atom. The molecule has 10 nitrogen and oxygen atoms in total. The fourth-order valence-corrected chi connectivity index (χ4v) is 6.30. The molecule has 268 valence electrons. The first-order chi connectivity index (χ1) is 22.7. The Morgan fingerprint density at radius 3 is 2.10 bits per heavy atom. The van der Waals surface area contributed by atoms with E-state index in [1.54, 1.807) is 9.80 Å². The van der Waals surface area contributed by atoms with E-state index in [-0.39, 0.29) is 57.0 Å². The van der Waals surface area contributed by atoms with Crippen molar-refractivity contribution in [2.45, 2.75) is 78.0 Å². The van der Waals surface area contributed by atoms with Crippen LogP contribution in [-0.4, -0.2) is 68.7 Å². The Bertz CT molecular complexity index is 1830. The number of carbonyl (C=O) groups is 3. The Kier molecular flexibility index (Phi) is 11.9. The molecule has 12 heteroatoms. The van der Waals surface area contributed by atoms with Gasteiger partial charge in [0.05, 0.1) is 23.9 Å². The third kappa shape index (κ3) is 9.14. The van der Waals surface area contributed by atoms with E-state index < -0.39 is 11.2 Å². The van der Waals surface area contributed by atoms with Crippen molar-refractivity contribution < 1.29 is 23.9 Å². The lowest BCUT2D eigenvalue weighted by Gasteiger charge is -2.27. The molecule has 0 bridgehead atoms. The first-order valence-electron chi connectivity index (χ1n) is 16.7. The van der Waals surface area contributed by atoms with Crippen LogP contribution < -0.4 is 5.32 Å². The minimum Gasteiger partial charge on any atom is -0.444 e. The number of amides is 3. The molecule has 1 unspecified atom stereocenters. The monoisotopic (exact) mass is 719 g/mol. The van der Waals surface area contributed by atoms with Gasteiger partial charge in [0.1, 0.15) is 17.0 Å². The van der Waals surface area contributed by atoms with E-state index in [1.807, 2.05) is 65.9 Å². The third-order valence-electron chi connectivity index (χ3n) is 8.64.